The molecule has 6 heteroatoms. The minimum absolute atomic E-state index is 0.0429. The largest absolute Gasteiger partial charge is 0.382 e. The molecule has 3 aromatic rings. The van der Waals surface area contributed by atoms with Crippen LogP contribution in [0.3, 0.4) is 0 Å². The van der Waals surface area contributed by atoms with E-state index in [2.05, 4.69) is 20.3 Å². The number of aromatic amines is 1. The van der Waals surface area contributed by atoms with E-state index in [0.29, 0.717) is 5.65 Å². The molecule has 1 aliphatic carbocycles. The first-order valence-corrected chi connectivity index (χ1v) is 7.25. The van der Waals surface area contributed by atoms with E-state index in [-0.39, 0.29) is 11.4 Å². The number of nitrogens with zero attached hydrogens (tertiary/aromatic N) is 2. The number of hydrogen-bond acceptors (Lipinski definition) is 4. The molecule has 0 bridgehead atoms. The summed E-state index contributed by atoms with van der Waals surface area (Å²) in [6, 6.07) is 5.33. The van der Waals surface area contributed by atoms with Crippen LogP contribution in [-0.2, 0) is 0 Å². The fourth-order valence-electron chi connectivity index (χ4n) is 2.46. The van der Waals surface area contributed by atoms with Crippen molar-refractivity contribution in [1.82, 2.24) is 15.0 Å². The van der Waals surface area contributed by atoms with Crippen molar-refractivity contribution >= 4 is 16.7 Å². The Morgan fingerprint density at radius 1 is 1.27 bits per heavy atom. The highest BCUT2D eigenvalue weighted by Crippen LogP contribution is 2.32. The van der Waals surface area contributed by atoms with Crippen molar-refractivity contribution in [2.75, 3.05) is 11.9 Å². The first kappa shape index (κ1) is 13.2. The third kappa shape index (κ3) is 2.42. The number of nitrogens with one attached hydrogen (secondary N) is 2. The van der Waals surface area contributed by atoms with Gasteiger partial charge in [-0.2, -0.15) is 0 Å². The van der Waals surface area contributed by atoms with Crippen LogP contribution in [-0.4, -0.2) is 27.0 Å². The van der Waals surface area contributed by atoms with Crippen molar-refractivity contribution in [2.24, 2.45) is 5.73 Å². The Balaban J connectivity index is 1.60. The smallest absolute Gasteiger partial charge is 0.142 e. The van der Waals surface area contributed by atoms with Crippen molar-refractivity contribution in [3.05, 3.63) is 42.6 Å². The van der Waals surface area contributed by atoms with Gasteiger partial charge >= 0.3 is 0 Å². The van der Waals surface area contributed by atoms with Crippen molar-refractivity contribution in [3.63, 3.8) is 0 Å². The molecule has 0 amide bonds. The summed E-state index contributed by atoms with van der Waals surface area (Å²) < 4.78 is 13.4. The standard InChI is InChI=1S/C16H16FN5/c17-10-5-12-13(8-21-15(12)20-6-10)14-2-1-11(7-19-14)22-9-16(18)3-4-16/h1-2,5-8,22H,3-4,9,18H2,(H,20,21). The van der Waals surface area contributed by atoms with E-state index < -0.39 is 0 Å². The van der Waals surface area contributed by atoms with E-state index in [1.165, 1.54) is 12.3 Å². The zero-order valence-electron chi connectivity index (χ0n) is 11.9. The molecule has 0 saturated heterocycles. The number of anilines is 1. The van der Waals surface area contributed by atoms with Gasteiger partial charge in [0.05, 0.1) is 23.8 Å². The topological polar surface area (TPSA) is 79.6 Å². The first-order valence-electron chi connectivity index (χ1n) is 7.25. The highest BCUT2D eigenvalue weighted by Gasteiger charge is 2.37. The Labute approximate surface area is 126 Å². The number of rotatable bonds is 4. The molecule has 1 saturated carbocycles. The van der Waals surface area contributed by atoms with Crippen molar-refractivity contribution in [3.8, 4) is 11.3 Å². The molecule has 0 radical (unpaired) electrons. The molecule has 5 nitrogen and oxygen atoms in total. The summed E-state index contributed by atoms with van der Waals surface area (Å²) >= 11 is 0. The Hall–Kier alpha value is -2.47. The number of aromatic nitrogens is 3. The van der Waals surface area contributed by atoms with Gasteiger partial charge in [-0.05, 0) is 31.0 Å². The Morgan fingerprint density at radius 2 is 2.14 bits per heavy atom. The predicted molar refractivity (Wildman–Crippen MR) is 83.9 cm³/mol. The van der Waals surface area contributed by atoms with E-state index in [1.807, 2.05) is 12.1 Å². The van der Waals surface area contributed by atoms with Gasteiger partial charge in [0.15, 0.2) is 0 Å². The molecule has 22 heavy (non-hydrogen) atoms. The molecule has 4 N–H and O–H groups in total. The van der Waals surface area contributed by atoms with Crippen molar-refractivity contribution < 1.29 is 4.39 Å². The lowest BCUT2D eigenvalue weighted by atomic mass is 10.1. The van der Waals surface area contributed by atoms with Crippen LogP contribution in [0, 0.1) is 5.82 Å². The van der Waals surface area contributed by atoms with Gasteiger partial charge in [0.25, 0.3) is 0 Å². The minimum Gasteiger partial charge on any atom is -0.382 e. The maximum Gasteiger partial charge on any atom is 0.142 e. The molecular formula is C16H16FN5. The number of nitrogens with two attached hydrogens (primary N) is 1. The lowest BCUT2D eigenvalue weighted by molar-refractivity contribution is 0.624. The first-order chi connectivity index (χ1) is 10.6. The third-order valence-corrected chi connectivity index (χ3v) is 4.07. The summed E-state index contributed by atoms with van der Waals surface area (Å²) in [5.74, 6) is -0.357. The Morgan fingerprint density at radius 3 is 2.86 bits per heavy atom. The van der Waals surface area contributed by atoms with E-state index in [1.54, 1.807) is 12.4 Å². The molecule has 0 aliphatic heterocycles. The van der Waals surface area contributed by atoms with E-state index in [4.69, 9.17) is 5.73 Å². The molecule has 4 rings (SSSR count). The van der Waals surface area contributed by atoms with E-state index in [0.717, 1.165) is 41.7 Å². The summed E-state index contributed by atoms with van der Waals surface area (Å²) in [6.07, 6.45) is 6.90. The number of pyridine rings is 2. The maximum atomic E-state index is 13.4. The van der Waals surface area contributed by atoms with Crippen molar-refractivity contribution in [2.45, 2.75) is 18.4 Å². The second-order valence-electron chi connectivity index (χ2n) is 5.90. The molecule has 3 aromatic heterocycles. The number of H-pyrrole nitrogens is 1. The average Bonchev–Trinajstić information content (AvgIpc) is 3.12. The van der Waals surface area contributed by atoms with Gasteiger partial charge in [0, 0.05) is 29.2 Å². The van der Waals surface area contributed by atoms with Crippen LogP contribution < -0.4 is 11.1 Å². The SMILES string of the molecule is NC1(CNc2ccc(-c3c[nH]c4ncc(F)cc34)nc2)CC1. The number of hydrogen-bond donors (Lipinski definition) is 3. The van der Waals surface area contributed by atoms with Crippen LogP contribution in [0.2, 0.25) is 0 Å². The van der Waals surface area contributed by atoms with Crippen LogP contribution in [0.4, 0.5) is 10.1 Å². The molecule has 112 valence electrons. The summed E-state index contributed by atoms with van der Waals surface area (Å²) in [6.45, 7) is 0.760. The van der Waals surface area contributed by atoms with Gasteiger partial charge in [-0.3, -0.25) is 4.98 Å². The fourth-order valence-corrected chi connectivity index (χ4v) is 2.46. The lowest BCUT2D eigenvalue weighted by Gasteiger charge is -2.11. The van der Waals surface area contributed by atoms with Gasteiger partial charge in [0.1, 0.15) is 11.5 Å². The second kappa shape index (κ2) is 4.78. The quantitative estimate of drug-likeness (QED) is 0.691. The second-order valence-corrected chi connectivity index (χ2v) is 5.90. The van der Waals surface area contributed by atoms with Crippen LogP contribution >= 0.6 is 0 Å². The lowest BCUT2D eigenvalue weighted by Crippen LogP contribution is -2.31. The molecule has 0 aromatic carbocycles. The summed E-state index contributed by atoms with van der Waals surface area (Å²) in [5.41, 5.74) is 9.21. The predicted octanol–water partition coefficient (Wildman–Crippen LogP) is 2.67. The van der Waals surface area contributed by atoms with E-state index in [9.17, 15) is 4.39 Å². The molecule has 0 spiro atoms. The van der Waals surface area contributed by atoms with Gasteiger partial charge in [-0.15, -0.1) is 0 Å². The molecule has 0 atom stereocenters. The van der Waals surface area contributed by atoms with Crippen LogP contribution in [0.25, 0.3) is 22.3 Å². The van der Waals surface area contributed by atoms with E-state index >= 15 is 0 Å². The zero-order chi connectivity index (χ0) is 15.2. The Kier molecular flexibility index (Phi) is 2.87. The molecular weight excluding hydrogens is 281 g/mol. The van der Waals surface area contributed by atoms with Crippen LogP contribution in [0.5, 0.6) is 0 Å². The Bertz CT molecular complexity index is 820. The normalized spacial score (nSPS) is 15.9. The monoisotopic (exact) mass is 297 g/mol. The van der Waals surface area contributed by atoms with Gasteiger partial charge in [0.2, 0.25) is 0 Å². The zero-order valence-corrected chi connectivity index (χ0v) is 11.9. The molecule has 1 aliphatic rings. The van der Waals surface area contributed by atoms with Crippen molar-refractivity contribution in [1.29, 1.82) is 0 Å². The molecule has 0 unspecified atom stereocenters. The summed E-state index contributed by atoms with van der Waals surface area (Å²) in [7, 11) is 0. The number of halogens is 1. The highest BCUT2D eigenvalue weighted by atomic mass is 19.1. The maximum absolute atomic E-state index is 13.4. The third-order valence-electron chi connectivity index (χ3n) is 4.07. The number of fused-ring (bicyclic) bond motifs is 1. The minimum atomic E-state index is -0.357. The van der Waals surface area contributed by atoms with Gasteiger partial charge in [-0.1, -0.05) is 0 Å². The van der Waals surface area contributed by atoms with Gasteiger partial charge in [-0.25, -0.2) is 9.37 Å². The van der Waals surface area contributed by atoms with Crippen LogP contribution in [0.15, 0.2) is 36.8 Å². The molecule has 1 fully saturated rings. The fraction of sp³-hybridized carbons (Fsp3) is 0.250. The highest BCUT2D eigenvalue weighted by molar-refractivity contribution is 5.92. The summed E-state index contributed by atoms with van der Waals surface area (Å²) in [4.78, 5) is 11.5. The molecule has 3 heterocycles. The average molecular weight is 297 g/mol. The summed E-state index contributed by atoms with van der Waals surface area (Å²) in [5, 5.41) is 4.03. The van der Waals surface area contributed by atoms with Gasteiger partial charge < -0.3 is 16.0 Å². The van der Waals surface area contributed by atoms with Crippen LogP contribution in [0.1, 0.15) is 12.8 Å².